The fraction of sp³-hybridized carbons (Fsp3) is 0.333. The van der Waals surface area contributed by atoms with Gasteiger partial charge in [0.1, 0.15) is 18.0 Å². The van der Waals surface area contributed by atoms with E-state index < -0.39 is 0 Å². The second-order valence-electron chi connectivity index (χ2n) is 6.04. The first-order chi connectivity index (χ1) is 13.0. The Morgan fingerprint density at radius 1 is 1.00 bits per heavy atom. The van der Waals surface area contributed by atoms with Crippen LogP contribution in [0.4, 0.5) is 5.69 Å². The van der Waals surface area contributed by atoms with E-state index in [0.717, 1.165) is 5.56 Å². The van der Waals surface area contributed by atoms with Crippen molar-refractivity contribution in [3.63, 3.8) is 0 Å². The standard InChI is InChI=1S/C21H26N2O4/c1-5-22(14-17-9-7-6-8-10-17)21(25)15-23(16(2)24)19-13-18(26-3)11-12-20(19)27-4/h6-13H,5,14-15H2,1-4H3. The van der Waals surface area contributed by atoms with E-state index in [4.69, 9.17) is 9.47 Å². The number of anilines is 1. The van der Waals surface area contributed by atoms with Crippen LogP contribution in [0, 0.1) is 0 Å². The van der Waals surface area contributed by atoms with Gasteiger partial charge in [0.15, 0.2) is 0 Å². The van der Waals surface area contributed by atoms with E-state index in [-0.39, 0.29) is 18.4 Å². The molecule has 2 aromatic carbocycles. The summed E-state index contributed by atoms with van der Waals surface area (Å²) in [5, 5.41) is 0. The normalized spacial score (nSPS) is 10.2. The Hall–Kier alpha value is -3.02. The third-order valence-electron chi connectivity index (χ3n) is 4.30. The summed E-state index contributed by atoms with van der Waals surface area (Å²) >= 11 is 0. The van der Waals surface area contributed by atoms with E-state index in [2.05, 4.69) is 0 Å². The molecule has 0 radical (unpaired) electrons. The van der Waals surface area contributed by atoms with Gasteiger partial charge < -0.3 is 14.4 Å². The predicted molar refractivity (Wildman–Crippen MR) is 105 cm³/mol. The van der Waals surface area contributed by atoms with Crippen LogP contribution in [-0.4, -0.2) is 44.0 Å². The molecule has 144 valence electrons. The smallest absolute Gasteiger partial charge is 0.242 e. The zero-order valence-corrected chi connectivity index (χ0v) is 16.3. The fourth-order valence-electron chi connectivity index (χ4n) is 2.79. The molecular formula is C21H26N2O4. The number of rotatable bonds is 8. The van der Waals surface area contributed by atoms with Crippen molar-refractivity contribution in [3.05, 3.63) is 54.1 Å². The van der Waals surface area contributed by atoms with Crippen molar-refractivity contribution in [1.82, 2.24) is 4.90 Å². The molecule has 0 bridgehead atoms. The molecule has 0 aromatic heterocycles. The van der Waals surface area contributed by atoms with E-state index in [1.807, 2.05) is 37.3 Å². The molecule has 27 heavy (non-hydrogen) atoms. The summed E-state index contributed by atoms with van der Waals surface area (Å²) in [5.41, 5.74) is 1.55. The van der Waals surface area contributed by atoms with Crippen LogP contribution in [0.5, 0.6) is 11.5 Å². The first-order valence-corrected chi connectivity index (χ1v) is 8.82. The number of methoxy groups -OCH3 is 2. The Kier molecular flexibility index (Phi) is 7.23. The van der Waals surface area contributed by atoms with Gasteiger partial charge in [-0.2, -0.15) is 0 Å². The maximum Gasteiger partial charge on any atom is 0.242 e. The van der Waals surface area contributed by atoms with Gasteiger partial charge in [-0.3, -0.25) is 14.5 Å². The molecule has 2 amide bonds. The van der Waals surface area contributed by atoms with Gasteiger partial charge in [0, 0.05) is 26.1 Å². The molecule has 0 aliphatic heterocycles. The Morgan fingerprint density at radius 3 is 2.26 bits per heavy atom. The zero-order chi connectivity index (χ0) is 19.8. The maximum absolute atomic E-state index is 12.9. The minimum Gasteiger partial charge on any atom is -0.497 e. The molecule has 2 aromatic rings. The summed E-state index contributed by atoms with van der Waals surface area (Å²) in [4.78, 5) is 28.3. The molecule has 2 rings (SSSR count). The lowest BCUT2D eigenvalue weighted by molar-refractivity contribution is -0.131. The maximum atomic E-state index is 12.9. The van der Waals surface area contributed by atoms with Crippen molar-refractivity contribution in [2.75, 3.05) is 32.2 Å². The van der Waals surface area contributed by atoms with Gasteiger partial charge in [-0.05, 0) is 24.6 Å². The Morgan fingerprint density at radius 2 is 1.70 bits per heavy atom. The lowest BCUT2D eigenvalue weighted by Gasteiger charge is -2.27. The Balaban J connectivity index is 2.24. The molecule has 0 aliphatic carbocycles. The van der Waals surface area contributed by atoms with Crippen LogP contribution in [0.15, 0.2) is 48.5 Å². The predicted octanol–water partition coefficient (Wildman–Crippen LogP) is 3.11. The number of hydrogen-bond donors (Lipinski definition) is 0. The van der Waals surface area contributed by atoms with Gasteiger partial charge in [-0.1, -0.05) is 30.3 Å². The second-order valence-corrected chi connectivity index (χ2v) is 6.04. The second kappa shape index (κ2) is 9.62. The van der Waals surface area contributed by atoms with E-state index in [1.165, 1.54) is 18.9 Å². The highest BCUT2D eigenvalue weighted by molar-refractivity contribution is 5.98. The highest BCUT2D eigenvalue weighted by Crippen LogP contribution is 2.32. The zero-order valence-electron chi connectivity index (χ0n) is 16.3. The molecule has 6 heteroatoms. The van der Waals surface area contributed by atoms with Crippen molar-refractivity contribution in [3.8, 4) is 11.5 Å². The van der Waals surface area contributed by atoms with E-state index >= 15 is 0 Å². The first kappa shape index (κ1) is 20.3. The minimum absolute atomic E-state index is 0.0699. The number of carbonyl (C=O) groups is 2. The summed E-state index contributed by atoms with van der Waals surface area (Å²) < 4.78 is 10.6. The molecule has 0 aliphatic rings. The quantitative estimate of drug-likeness (QED) is 0.716. The number of amides is 2. The molecule has 0 N–H and O–H groups in total. The highest BCUT2D eigenvalue weighted by Gasteiger charge is 2.23. The average molecular weight is 370 g/mol. The van der Waals surface area contributed by atoms with Crippen molar-refractivity contribution in [2.24, 2.45) is 0 Å². The third-order valence-corrected chi connectivity index (χ3v) is 4.30. The van der Waals surface area contributed by atoms with Crippen LogP contribution in [0.25, 0.3) is 0 Å². The van der Waals surface area contributed by atoms with Crippen molar-refractivity contribution >= 4 is 17.5 Å². The minimum atomic E-state index is -0.245. The molecule has 0 heterocycles. The summed E-state index contributed by atoms with van der Waals surface area (Å²) in [6.45, 7) is 4.33. The number of carbonyl (C=O) groups excluding carboxylic acids is 2. The molecule has 0 fully saturated rings. The molecular weight excluding hydrogens is 344 g/mol. The van der Waals surface area contributed by atoms with Crippen LogP contribution in [0.2, 0.25) is 0 Å². The van der Waals surface area contributed by atoms with Gasteiger partial charge in [0.2, 0.25) is 11.8 Å². The largest absolute Gasteiger partial charge is 0.497 e. The van der Waals surface area contributed by atoms with Gasteiger partial charge >= 0.3 is 0 Å². The molecule has 0 saturated carbocycles. The van der Waals surface area contributed by atoms with E-state index in [1.54, 1.807) is 30.2 Å². The first-order valence-electron chi connectivity index (χ1n) is 8.82. The molecule has 6 nitrogen and oxygen atoms in total. The molecule has 0 saturated heterocycles. The monoisotopic (exact) mass is 370 g/mol. The molecule has 0 atom stereocenters. The van der Waals surface area contributed by atoms with E-state index in [0.29, 0.717) is 30.3 Å². The number of likely N-dealkylation sites (N-methyl/N-ethyl adjacent to an activating group) is 1. The lowest BCUT2D eigenvalue weighted by Crippen LogP contribution is -2.42. The van der Waals surface area contributed by atoms with Crippen LogP contribution >= 0.6 is 0 Å². The van der Waals surface area contributed by atoms with Crippen molar-refractivity contribution < 1.29 is 19.1 Å². The lowest BCUT2D eigenvalue weighted by atomic mass is 10.2. The topological polar surface area (TPSA) is 59.1 Å². The molecule has 0 unspecified atom stereocenters. The van der Waals surface area contributed by atoms with Crippen molar-refractivity contribution in [1.29, 1.82) is 0 Å². The van der Waals surface area contributed by atoms with Gasteiger partial charge in [-0.15, -0.1) is 0 Å². The van der Waals surface area contributed by atoms with Crippen LogP contribution < -0.4 is 14.4 Å². The van der Waals surface area contributed by atoms with Gasteiger partial charge in [-0.25, -0.2) is 0 Å². The van der Waals surface area contributed by atoms with Gasteiger partial charge in [0.25, 0.3) is 0 Å². The summed E-state index contributed by atoms with van der Waals surface area (Å²) in [7, 11) is 3.08. The number of benzene rings is 2. The van der Waals surface area contributed by atoms with Crippen LogP contribution in [0.3, 0.4) is 0 Å². The number of hydrogen-bond acceptors (Lipinski definition) is 4. The number of nitrogens with zero attached hydrogens (tertiary/aromatic N) is 2. The Bertz CT molecular complexity index is 777. The Labute approximate surface area is 160 Å². The SMILES string of the molecule is CCN(Cc1ccccc1)C(=O)CN(C(C)=O)c1cc(OC)ccc1OC. The van der Waals surface area contributed by atoms with E-state index in [9.17, 15) is 9.59 Å². The molecule has 0 spiro atoms. The fourth-order valence-corrected chi connectivity index (χ4v) is 2.79. The summed E-state index contributed by atoms with van der Waals surface area (Å²) in [5.74, 6) is 0.707. The summed E-state index contributed by atoms with van der Waals surface area (Å²) in [6, 6.07) is 14.9. The summed E-state index contributed by atoms with van der Waals surface area (Å²) in [6.07, 6.45) is 0. The van der Waals surface area contributed by atoms with Crippen molar-refractivity contribution in [2.45, 2.75) is 20.4 Å². The average Bonchev–Trinajstić information content (AvgIpc) is 2.70. The van der Waals surface area contributed by atoms with Crippen LogP contribution in [0.1, 0.15) is 19.4 Å². The highest BCUT2D eigenvalue weighted by atomic mass is 16.5. The van der Waals surface area contributed by atoms with Crippen LogP contribution in [-0.2, 0) is 16.1 Å². The number of ether oxygens (including phenoxy) is 2. The van der Waals surface area contributed by atoms with Gasteiger partial charge in [0.05, 0.1) is 19.9 Å². The third kappa shape index (κ3) is 5.23.